The van der Waals surface area contributed by atoms with Gasteiger partial charge >= 0.3 is 0 Å². The molecule has 3 rings (SSSR count). The maximum absolute atomic E-state index is 5.35. The third-order valence-electron chi connectivity index (χ3n) is 3.97. The molecule has 1 aliphatic carbocycles. The SMILES string of the molecule is COc1ccc2c(c1)C1=C(CC2)CN(C)CC1.Cl. The molecule has 1 aromatic rings. The van der Waals surface area contributed by atoms with E-state index in [1.807, 2.05) is 0 Å². The van der Waals surface area contributed by atoms with Gasteiger partial charge in [0.1, 0.15) is 5.75 Å². The Balaban J connectivity index is 0.00000120. The average Bonchev–Trinajstić information content (AvgIpc) is 2.37. The topological polar surface area (TPSA) is 12.5 Å². The highest BCUT2D eigenvalue weighted by Gasteiger charge is 2.23. The highest BCUT2D eigenvalue weighted by molar-refractivity contribution is 5.85. The van der Waals surface area contributed by atoms with E-state index in [4.69, 9.17) is 4.74 Å². The maximum Gasteiger partial charge on any atom is 0.119 e. The Morgan fingerprint density at radius 2 is 2.00 bits per heavy atom. The zero-order valence-electron chi connectivity index (χ0n) is 11.0. The second-order valence-electron chi connectivity index (χ2n) is 5.09. The van der Waals surface area contributed by atoms with E-state index in [2.05, 4.69) is 30.1 Å². The Kier molecular flexibility index (Phi) is 3.98. The van der Waals surface area contributed by atoms with Crippen molar-refractivity contribution in [1.29, 1.82) is 0 Å². The van der Waals surface area contributed by atoms with Crippen LogP contribution in [-0.2, 0) is 6.42 Å². The van der Waals surface area contributed by atoms with E-state index in [0.717, 1.165) is 12.3 Å². The lowest BCUT2D eigenvalue weighted by Crippen LogP contribution is -2.29. The van der Waals surface area contributed by atoms with Crippen LogP contribution in [0.2, 0.25) is 0 Å². The molecule has 18 heavy (non-hydrogen) atoms. The molecule has 0 aromatic heterocycles. The molecule has 3 heteroatoms. The van der Waals surface area contributed by atoms with E-state index in [-0.39, 0.29) is 12.4 Å². The minimum Gasteiger partial charge on any atom is -0.497 e. The van der Waals surface area contributed by atoms with Gasteiger partial charge in [-0.3, -0.25) is 0 Å². The van der Waals surface area contributed by atoms with Gasteiger partial charge in [0.05, 0.1) is 7.11 Å². The fourth-order valence-electron chi connectivity index (χ4n) is 3.00. The monoisotopic (exact) mass is 265 g/mol. The van der Waals surface area contributed by atoms with Crippen LogP contribution in [-0.4, -0.2) is 32.1 Å². The van der Waals surface area contributed by atoms with Crippen molar-refractivity contribution < 1.29 is 4.74 Å². The average molecular weight is 266 g/mol. The van der Waals surface area contributed by atoms with Crippen LogP contribution in [0.1, 0.15) is 24.0 Å². The number of rotatable bonds is 1. The fraction of sp³-hybridized carbons (Fsp3) is 0.467. The Morgan fingerprint density at radius 1 is 1.17 bits per heavy atom. The number of nitrogens with zero attached hydrogens (tertiary/aromatic N) is 1. The zero-order valence-corrected chi connectivity index (χ0v) is 11.8. The third-order valence-corrected chi connectivity index (χ3v) is 3.97. The number of aryl methyl sites for hydroxylation is 1. The number of fused-ring (bicyclic) bond motifs is 2. The number of methoxy groups -OCH3 is 1. The molecule has 1 heterocycles. The third kappa shape index (κ3) is 2.27. The summed E-state index contributed by atoms with van der Waals surface area (Å²) >= 11 is 0. The van der Waals surface area contributed by atoms with Gasteiger partial charge in [0.15, 0.2) is 0 Å². The first-order valence-electron chi connectivity index (χ1n) is 6.34. The number of hydrogen-bond donors (Lipinski definition) is 0. The van der Waals surface area contributed by atoms with Crippen LogP contribution in [0.5, 0.6) is 5.75 Å². The Bertz CT molecular complexity index is 481. The zero-order chi connectivity index (χ0) is 11.8. The van der Waals surface area contributed by atoms with Crippen molar-refractivity contribution in [3.05, 3.63) is 34.9 Å². The molecule has 1 aromatic carbocycles. The number of likely N-dealkylation sites (N-methyl/N-ethyl adjacent to an activating group) is 1. The summed E-state index contributed by atoms with van der Waals surface area (Å²) in [7, 11) is 3.96. The van der Waals surface area contributed by atoms with Crippen molar-refractivity contribution in [2.75, 3.05) is 27.2 Å². The quantitative estimate of drug-likeness (QED) is 0.773. The molecule has 1 aliphatic heterocycles. The first-order chi connectivity index (χ1) is 8.28. The van der Waals surface area contributed by atoms with Crippen LogP contribution >= 0.6 is 12.4 Å². The van der Waals surface area contributed by atoms with Crippen molar-refractivity contribution >= 4 is 18.0 Å². The molecule has 98 valence electrons. The van der Waals surface area contributed by atoms with Crippen LogP contribution < -0.4 is 4.74 Å². The van der Waals surface area contributed by atoms with Crippen molar-refractivity contribution in [3.63, 3.8) is 0 Å². The molecule has 0 saturated heterocycles. The van der Waals surface area contributed by atoms with E-state index < -0.39 is 0 Å². The summed E-state index contributed by atoms with van der Waals surface area (Å²) in [5.41, 5.74) is 6.16. The van der Waals surface area contributed by atoms with Crippen molar-refractivity contribution in [1.82, 2.24) is 4.90 Å². The smallest absolute Gasteiger partial charge is 0.119 e. The van der Waals surface area contributed by atoms with E-state index in [1.54, 1.807) is 18.3 Å². The van der Waals surface area contributed by atoms with Gasteiger partial charge in [-0.15, -0.1) is 12.4 Å². The van der Waals surface area contributed by atoms with E-state index in [0.29, 0.717) is 0 Å². The standard InChI is InChI=1S/C15H19NO.ClH/c1-16-8-7-14-12(10-16)4-3-11-5-6-13(17-2)9-15(11)14;/h5-6,9H,3-4,7-8,10H2,1-2H3;1H. The lowest BCUT2D eigenvalue weighted by atomic mass is 9.82. The lowest BCUT2D eigenvalue weighted by Gasteiger charge is -2.32. The molecule has 0 radical (unpaired) electrons. The summed E-state index contributed by atoms with van der Waals surface area (Å²) in [6.07, 6.45) is 3.61. The second-order valence-corrected chi connectivity index (χ2v) is 5.09. The number of halogens is 1. The predicted octanol–water partition coefficient (Wildman–Crippen LogP) is 3.15. The van der Waals surface area contributed by atoms with Crippen LogP contribution in [0.25, 0.3) is 5.57 Å². The van der Waals surface area contributed by atoms with E-state index >= 15 is 0 Å². The normalized spacial score (nSPS) is 18.8. The Morgan fingerprint density at radius 3 is 2.78 bits per heavy atom. The van der Waals surface area contributed by atoms with Crippen LogP contribution in [0.3, 0.4) is 0 Å². The Labute approximate surface area is 115 Å². The highest BCUT2D eigenvalue weighted by Crippen LogP contribution is 2.37. The highest BCUT2D eigenvalue weighted by atomic mass is 35.5. The Hall–Kier alpha value is -0.990. The largest absolute Gasteiger partial charge is 0.497 e. The van der Waals surface area contributed by atoms with Crippen LogP contribution in [0.4, 0.5) is 0 Å². The number of hydrogen-bond acceptors (Lipinski definition) is 2. The maximum atomic E-state index is 5.35. The number of ether oxygens (including phenoxy) is 1. The van der Waals surface area contributed by atoms with Crippen molar-refractivity contribution in [2.45, 2.75) is 19.3 Å². The van der Waals surface area contributed by atoms with Gasteiger partial charge in [-0.05, 0) is 55.1 Å². The summed E-state index contributed by atoms with van der Waals surface area (Å²) in [5.74, 6) is 0.983. The molecule has 2 nitrogen and oxygen atoms in total. The molecular formula is C15H20ClNO. The van der Waals surface area contributed by atoms with Gasteiger partial charge in [-0.25, -0.2) is 0 Å². The van der Waals surface area contributed by atoms with Crippen molar-refractivity contribution in [2.24, 2.45) is 0 Å². The molecule has 0 saturated carbocycles. The molecule has 0 N–H and O–H groups in total. The first-order valence-corrected chi connectivity index (χ1v) is 6.34. The first kappa shape index (κ1) is 13.4. The molecule has 0 unspecified atom stereocenters. The molecule has 0 amide bonds. The molecule has 0 spiro atoms. The van der Waals surface area contributed by atoms with Gasteiger partial charge < -0.3 is 9.64 Å². The minimum atomic E-state index is 0. The fourth-order valence-corrected chi connectivity index (χ4v) is 3.00. The van der Waals surface area contributed by atoms with Gasteiger partial charge in [0.25, 0.3) is 0 Å². The lowest BCUT2D eigenvalue weighted by molar-refractivity contribution is 0.353. The summed E-state index contributed by atoms with van der Waals surface area (Å²) in [6.45, 7) is 2.32. The molecule has 0 atom stereocenters. The van der Waals surface area contributed by atoms with Gasteiger partial charge in [0.2, 0.25) is 0 Å². The van der Waals surface area contributed by atoms with E-state index in [1.165, 1.54) is 36.9 Å². The van der Waals surface area contributed by atoms with Gasteiger partial charge in [-0.2, -0.15) is 0 Å². The predicted molar refractivity (Wildman–Crippen MR) is 77.6 cm³/mol. The molecule has 2 aliphatic rings. The van der Waals surface area contributed by atoms with Crippen LogP contribution in [0.15, 0.2) is 23.8 Å². The molecule has 0 fully saturated rings. The van der Waals surface area contributed by atoms with Crippen molar-refractivity contribution in [3.8, 4) is 5.75 Å². The summed E-state index contributed by atoms with van der Waals surface area (Å²) in [5, 5.41) is 0. The second kappa shape index (κ2) is 5.33. The minimum absolute atomic E-state index is 0. The van der Waals surface area contributed by atoms with Gasteiger partial charge in [-0.1, -0.05) is 11.6 Å². The summed E-state index contributed by atoms with van der Waals surface area (Å²) in [6, 6.07) is 6.53. The summed E-state index contributed by atoms with van der Waals surface area (Å²) in [4.78, 5) is 2.42. The number of benzene rings is 1. The van der Waals surface area contributed by atoms with E-state index in [9.17, 15) is 0 Å². The summed E-state index contributed by atoms with van der Waals surface area (Å²) < 4.78 is 5.35. The van der Waals surface area contributed by atoms with Gasteiger partial charge in [0, 0.05) is 13.1 Å². The molecular weight excluding hydrogens is 246 g/mol. The molecule has 0 bridgehead atoms. The van der Waals surface area contributed by atoms with Crippen LogP contribution in [0, 0.1) is 0 Å².